The molecule has 0 radical (unpaired) electrons. The maximum absolute atomic E-state index is 12.6. The predicted octanol–water partition coefficient (Wildman–Crippen LogP) is 1.64. The molecule has 1 saturated heterocycles. The summed E-state index contributed by atoms with van der Waals surface area (Å²) in [6, 6.07) is 3.53. The molecule has 1 N–H and O–H groups in total. The van der Waals surface area contributed by atoms with Crippen molar-refractivity contribution in [3.63, 3.8) is 0 Å². The molecule has 7 nitrogen and oxygen atoms in total. The third kappa shape index (κ3) is 3.26. The summed E-state index contributed by atoms with van der Waals surface area (Å²) < 4.78 is 16.0. The zero-order valence-corrected chi connectivity index (χ0v) is 15.2. The normalized spacial score (nSPS) is 15.3. The van der Waals surface area contributed by atoms with E-state index in [2.05, 4.69) is 0 Å². The van der Waals surface area contributed by atoms with E-state index >= 15 is 0 Å². The third-order valence-electron chi connectivity index (χ3n) is 4.94. The number of aryl methyl sites for hydroxylation is 1. The van der Waals surface area contributed by atoms with Crippen molar-refractivity contribution in [2.45, 2.75) is 32.3 Å². The lowest BCUT2D eigenvalue weighted by Crippen LogP contribution is -2.41. The van der Waals surface area contributed by atoms with Crippen LogP contribution in [0.5, 0.6) is 11.5 Å². The summed E-state index contributed by atoms with van der Waals surface area (Å²) in [6.45, 7) is 2.81. The number of benzene rings is 1. The number of methoxy groups -OCH3 is 2. The molecule has 0 aliphatic carbocycles. The summed E-state index contributed by atoms with van der Waals surface area (Å²) >= 11 is 0. The van der Waals surface area contributed by atoms with E-state index in [9.17, 15) is 14.7 Å². The highest BCUT2D eigenvalue weighted by molar-refractivity contribution is 5.89. The highest BCUT2D eigenvalue weighted by Gasteiger charge is 2.24. The molecule has 1 amide bonds. The van der Waals surface area contributed by atoms with E-state index in [0.717, 1.165) is 0 Å². The Morgan fingerprint density at radius 3 is 2.58 bits per heavy atom. The Bertz CT molecular complexity index is 880. The Labute approximate surface area is 151 Å². The van der Waals surface area contributed by atoms with Crippen LogP contribution in [0.1, 0.15) is 24.0 Å². The molecule has 1 aliphatic rings. The SMILES string of the molecule is COc1ccc2c(C)c(CC(=O)N3CCC(O)CC3)c(=O)oc2c1OC. The molecule has 7 heteroatoms. The highest BCUT2D eigenvalue weighted by atomic mass is 16.5. The van der Waals surface area contributed by atoms with Gasteiger partial charge in [-0.25, -0.2) is 4.79 Å². The summed E-state index contributed by atoms with van der Waals surface area (Å²) in [6.07, 6.45) is 0.755. The van der Waals surface area contributed by atoms with Crippen molar-refractivity contribution in [2.24, 2.45) is 0 Å². The second kappa shape index (κ2) is 7.37. The van der Waals surface area contributed by atoms with Crippen molar-refractivity contribution in [3.8, 4) is 11.5 Å². The number of fused-ring (bicyclic) bond motifs is 1. The Kier molecular flexibility index (Phi) is 5.18. The van der Waals surface area contributed by atoms with E-state index in [4.69, 9.17) is 13.9 Å². The fraction of sp³-hybridized carbons (Fsp3) is 0.474. The Morgan fingerprint density at radius 2 is 1.96 bits per heavy atom. The lowest BCUT2D eigenvalue weighted by Gasteiger charge is -2.29. The van der Waals surface area contributed by atoms with Crippen LogP contribution in [0.25, 0.3) is 11.0 Å². The summed E-state index contributed by atoms with van der Waals surface area (Å²) in [4.78, 5) is 26.8. The maximum Gasteiger partial charge on any atom is 0.340 e. The van der Waals surface area contributed by atoms with Crippen LogP contribution in [-0.4, -0.2) is 49.3 Å². The summed E-state index contributed by atoms with van der Waals surface area (Å²) in [5.41, 5.74) is 0.807. The molecule has 2 aromatic rings. The monoisotopic (exact) mass is 361 g/mol. The van der Waals surface area contributed by atoms with Gasteiger partial charge in [0.2, 0.25) is 11.7 Å². The van der Waals surface area contributed by atoms with Gasteiger partial charge < -0.3 is 23.9 Å². The van der Waals surface area contributed by atoms with Gasteiger partial charge in [0.1, 0.15) is 0 Å². The van der Waals surface area contributed by atoms with Gasteiger partial charge >= 0.3 is 5.63 Å². The first-order valence-electron chi connectivity index (χ1n) is 8.59. The van der Waals surface area contributed by atoms with Crippen molar-refractivity contribution in [2.75, 3.05) is 27.3 Å². The molecule has 0 atom stereocenters. The minimum Gasteiger partial charge on any atom is -0.493 e. The van der Waals surface area contributed by atoms with Gasteiger partial charge in [0.05, 0.1) is 32.3 Å². The fourth-order valence-electron chi connectivity index (χ4n) is 3.35. The molecule has 1 fully saturated rings. The van der Waals surface area contributed by atoms with E-state index < -0.39 is 5.63 Å². The fourth-order valence-corrected chi connectivity index (χ4v) is 3.35. The lowest BCUT2D eigenvalue weighted by molar-refractivity contribution is -0.132. The van der Waals surface area contributed by atoms with Crippen molar-refractivity contribution in [1.29, 1.82) is 0 Å². The molecule has 140 valence electrons. The average Bonchev–Trinajstić information content (AvgIpc) is 2.64. The zero-order chi connectivity index (χ0) is 18.8. The summed E-state index contributed by atoms with van der Waals surface area (Å²) in [7, 11) is 2.99. The maximum atomic E-state index is 12.6. The first-order chi connectivity index (χ1) is 12.5. The van der Waals surface area contributed by atoms with Gasteiger partial charge in [0.25, 0.3) is 0 Å². The van der Waals surface area contributed by atoms with Crippen LogP contribution in [0.2, 0.25) is 0 Å². The molecule has 1 aromatic heterocycles. The number of nitrogens with zero attached hydrogens (tertiary/aromatic N) is 1. The van der Waals surface area contributed by atoms with Crippen molar-refractivity contribution in [1.82, 2.24) is 4.90 Å². The van der Waals surface area contributed by atoms with E-state index in [1.54, 1.807) is 24.0 Å². The molecule has 1 aliphatic heterocycles. The molecule has 3 rings (SSSR count). The molecule has 2 heterocycles. The first kappa shape index (κ1) is 18.3. The number of ether oxygens (including phenoxy) is 2. The molecule has 0 spiro atoms. The Balaban J connectivity index is 1.97. The lowest BCUT2D eigenvalue weighted by atomic mass is 10.0. The van der Waals surface area contributed by atoms with Crippen molar-refractivity contribution < 1.29 is 23.8 Å². The number of carbonyl (C=O) groups excluding carboxylic acids is 1. The predicted molar refractivity (Wildman–Crippen MR) is 95.8 cm³/mol. The van der Waals surface area contributed by atoms with Gasteiger partial charge in [-0.05, 0) is 37.5 Å². The van der Waals surface area contributed by atoms with Gasteiger partial charge in [-0.3, -0.25) is 4.79 Å². The molecule has 26 heavy (non-hydrogen) atoms. The number of likely N-dealkylation sites (tertiary alicyclic amines) is 1. The van der Waals surface area contributed by atoms with Crippen LogP contribution in [0.3, 0.4) is 0 Å². The van der Waals surface area contributed by atoms with E-state index in [-0.39, 0.29) is 18.4 Å². The van der Waals surface area contributed by atoms with Gasteiger partial charge in [0, 0.05) is 18.5 Å². The quantitative estimate of drug-likeness (QED) is 0.833. The number of aliphatic hydroxyl groups is 1. The molecule has 0 bridgehead atoms. The minimum absolute atomic E-state index is 0.0193. The number of aliphatic hydroxyl groups excluding tert-OH is 1. The second-order valence-corrected chi connectivity index (χ2v) is 6.46. The Hall–Kier alpha value is -2.54. The molecule has 1 aromatic carbocycles. The van der Waals surface area contributed by atoms with Gasteiger partial charge in [-0.2, -0.15) is 0 Å². The van der Waals surface area contributed by atoms with Crippen LogP contribution >= 0.6 is 0 Å². The summed E-state index contributed by atoms with van der Waals surface area (Å²) in [5, 5.41) is 10.3. The van der Waals surface area contributed by atoms with Crippen LogP contribution in [0, 0.1) is 6.92 Å². The smallest absolute Gasteiger partial charge is 0.340 e. The standard InChI is InChI=1S/C19H23NO6/c1-11-13-4-5-15(24-2)18(25-3)17(13)26-19(23)14(11)10-16(22)20-8-6-12(21)7-9-20/h4-5,12,21H,6-10H2,1-3H3. The van der Waals surface area contributed by atoms with E-state index in [0.29, 0.717) is 59.5 Å². The Morgan fingerprint density at radius 1 is 1.27 bits per heavy atom. The molecule has 0 unspecified atom stereocenters. The topological polar surface area (TPSA) is 89.2 Å². The van der Waals surface area contributed by atoms with Crippen LogP contribution < -0.4 is 15.1 Å². The molecular formula is C19H23NO6. The number of rotatable bonds is 4. The van der Waals surface area contributed by atoms with Gasteiger partial charge in [0.15, 0.2) is 11.3 Å². The number of amides is 1. The second-order valence-electron chi connectivity index (χ2n) is 6.46. The summed E-state index contributed by atoms with van der Waals surface area (Å²) in [5.74, 6) is 0.693. The average molecular weight is 361 g/mol. The third-order valence-corrected chi connectivity index (χ3v) is 4.94. The minimum atomic E-state index is -0.549. The number of carbonyl (C=O) groups is 1. The van der Waals surface area contributed by atoms with Crippen LogP contribution in [-0.2, 0) is 11.2 Å². The van der Waals surface area contributed by atoms with Crippen LogP contribution in [0.4, 0.5) is 0 Å². The number of hydrogen-bond donors (Lipinski definition) is 1. The van der Waals surface area contributed by atoms with E-state index in [1.807, 2.05) is 0 Å². The number of hydrogen-bond acceptors (Lipinski definition) is 6. The first-order valence-corrected chi connectivity index (χ1v) is 8.59. The zero-order valence-electron chi connectivity index (χ0n) is 15.2. The van der Waals surface area contributed by atoms with Crippen molar-refractivity contribution in [3.05, 3.63) is 33.7 Å². The molecular weight excluding hydrogens is 338 g/mol. The van der Waals surface area contributed by atoms with Gasteiger partial charge in [-0.1, -0.05) is 0 Å². The highest BCUT2D eigenvalue weighted by Crippen LogP contribution is 2.36. The number of piperidine rings is 1. The van der Waals surface area contributed by atoms with Crippen molar-refractivity contribution >= 4 is 16.9 Å². The largest absolute Gasteiger partial charge is 0.493 e. The molecule has 0 saturated carbocycles. The van der Waals surface area contributed by atoms with Gasteiger partial charge in [-0.15, -0.1) is 0 Å². The van der Waals surface area contributed by atoms with E-state index in [1.165, 1.54) is 14.2 Å². The van der Waals surface area contributed by atoms with Crippen LogP contribution in [0.15, 0.2) is 21.3 Å².